The van der Waals surface area contributed by atoms with E-state index < -0.39 is 0 Å². The molecule has 0 unspecified atom stereocenters. The number of hydrogen-bond acceptors (Lipinski definition) is 3. The van der Waals surface area contributed by atoms with Crippen molar-refractivity contribution in [3.8, 4) is 5.75 Å². The van der Waals surface area contributed by atoms with Crippen LogP contribution in [0.4, 0.5) is 5.69 Å². The standard InChI is InChI=1S/C20H20N2O2S/c1-24-17-10-5-9-16(13-17)22-19(23)14-21-20(18-11-6-12-25-18)15-7-3-2-4-8-15/h2-13,20-21H,14H2,1H3,(H,22,23)/p+1/t20-/m0/s1. The van der Waals surface area contributed by atoms with E-state index >= 15 is 0 Å². The SMILES string of the molecule is COc1cccc(NC(=O)C[NH2+][C@@H](c2ccccc2)c2cccs2)c1. The van der Waals surface area contributed by atoms with Gasteiger partial charge in [0.25, 0.3) is 5.91 Å². The molecule has 0 bridgehead atoms. The van der Waals surface area contributed by atoms with Gasteiger partial charge in [-0.2, -0.15) is 0 Å². The first kappa shape index (κ1) is 17.2. The van der Waals surface area contributed by atoms with E-state index in [9.17, 15) is 4.79 Å². The van der Waals surface area contributed by atoms with Crippen molar-refractivity contribution >= 4 is 22.9 Å². The number of anilines is 1. The van der Waals surface area contributed by atoms with E-state index in [0.29, 0.717) is 6.54 Å². The lowest BCUT2D eigenvalue weighted by Crippen LogP contribution is -2.87. The number of carbonyl (C=O) groups excluding carboxylic acids is 1. The van der Waals surface area contributed by atoms with E-state index in [2.05, 4.69) is 34.2 Å². The van der Waals surface area contributed by atoms with Gasteiger partial charge in [0.15, 0.2) is 6.54 Å². The van der Waals surface area contributed by atoms with Gasteiger partial charge in [0.05, 0.1) is 12.0 Å². The molecule has 0 saturated heterocycles. The predicted molar refractivity (Wildman–Crippen MR) is 101 cm³/mol. The highest BCUT2D eigenvalue weighted by atomic mass is 32.1. The van der Waals surface area contributed by atoms with Crippen LogP contribution < -0.4 is 15.4 Å². The highest BCUT2D eigenvalue weighted by Crippen LogP contribution is 2.22. The van der Waals surface area contributed by atoms with Crippen LogP contribution in [0.1, 0.15) is 16.5 Å². The number of carbonyl (C=O) groups is 1. The molecule has 1 heterocycles. The molecule has 128 valence electrons. The van der Waals surface area contributed by atoms with Gasteiger partial charge >= 0.3 is 0 Å². The average molecular weight is 353 g/mol. The largest absolute Gasteiger partial charge is 0.497 e. The van der Waals surface area contributed by atoms with Gasteiger partial charge in [-0.05, 0) is 23.6 Å². The molecular weight excluding hydrogens is 332 g/mol. The first-order valence-corrected chi connectivity index (χ1v) is 9.00. The Hall–Kier alpha value is -2.63. The molecule has 0 fully saturated rings. The Balaban J connectivity index is 1.66. The van der Waals surface area contributed by atoms with Crippen molar-refractivity contribution in [3.05, 3.63) is 82.6 Å². The minimum absolute atomic E-state index is 0.0364. The number of hydrogen-bond donors (Lipinski definition) is 2. The van der Waals surface area contributed by atoms with Crippen molar-refractivity contribution in [1.82, 2.24) is 0 Å². The lowest BCUT2D eigenvalue weighted by atomic mass is 10.1. The highest BCUT2D eigenvalue weighted by Gasteiger charge is 2.19. The Bertz CT molecular complexity index is 804. The molecule has 0 spiro atoms. The topological polar surface area (TPSA) is 54.9 Å². The van der Waals surface area contributed by atoms with Gasteiger partial charge in [0.1, 0.15) is 11.8 Å². The van der Waals surface area contributed by atoms with Crippen LogP contribution in [0.2, 0.25) is 0 Å². The maximum atomic E-state index is 12.3. The summed E-state index contributed by atoms with van der Waals surface area (Å²) in [5.74, 6) is 0.688. The zero-order valence-corrected chi connectivity index (χ0v) is 14.8. The molecule has 2 aromatic carbocycles. The van der Waals surface area contributed by atoms with Gasteiger partial charge in [0, 0.05) is 17.3 Å². The van der Waals surface area contributed by atoms with Crippen molar-refractivity contribution in [2.45, 2.75) is 6.04 Å². The lowest BCUT2D eigenvalue weighted by Gasteiger charge is -2.15. The quantitative estimate of drug-likeness (QED) is 0.686. The molecule has 5 heteroatoms. The van der Waals surface area contributed by atoms with E-state index in [1.54, 1.807) is 18.4 Å². The van der Waals surface area contributed by atoms with Gasteiger partial charge in [-0.15, -0.1) is 11.3 Å². The van der Waals surface area contributed by atoms with E-state index in [1.807, 2.05) is 48.5 Å². The molecule has 1 aromatic heterocycles. The van der Waals surface area contributed by atoms with E-state index in [-0.39, 0.29) is 11.9 Å². The molecule has 3 rings (SSSR count). The van der Waals surface area contributed by atoms with Crippen molar-refractivity contribution in [3.63, 3.8) is 0 Å². The fourth-order valence-electron chi connectivity index (χ4n) is 2.68. The number of quaternary nitrogens is 1. The lowest BCUT2D eigenvalue weighted by molar-refractivity contribution is -0.675. The Morgan fingerprint density at radius 1 is 1.12 bits per heavy atom. The fourth-order valence-corrected chi connectivity index (χ4v) is 3.53. The minimum Gasteiger partial charge on any atom is -0.497 e. The Morgan fingerprint density at radius 3 is 2.68 bits per heavy atom. The van der Waals surface area contributed by atoms with Crippen molar-refractivity contribution in [1.29, 1.82) is 0 Å². The summed E-state index contributed by atoms with van der Waals surface area (Å²) >= 11 is 1.71. The van der Waals surface area contributed by atoms with Gasteiger partial charge < -0.3 is 15.4 Å². The maximum Gasteiger partial charge on any atom is 0.279 e. The Morgan fingerprint density at radius 2 is 1.96 bits per heavy atom. The van der Waals surface area contributed by atoms with Gasteiger partial charge in [-0.25, -0.2) is 0 Å². The number of amides is 1. The fraction of sp³-hybridized carbons (Fsp3) is 0.150. The number of methoxy groups -OCH3 is 1. The Labute approximate surface area is 151 Å². The normalized spacial score (nSPS) is 11.7. The summed E-state index contributed by atoms with van der Waals surface area (Å²) in [4.78, 5) is 13.6. The van der Waals surface area contributed by atoms with Crippen LogP contribution in [-0.4, -0.2) is 19.6 Å². The van der Waals surface area contributed by atoms with Crippen LogP contribution in [-0.2, 0) is 4.79 Å². The van der Waals surface area contributed by atoms with Gasteiger partial charge in [-0.1, -0.05) is 42.5 Å². The molecule has 4 nitrogen and oxygen atoms in total. The number of nitrogens with one attached hydrogen (secondary N) is 1. The minimum atomic E-state index is -0.0364. The zero-order valence-electron chi connectivity index (χ0n) is 14.0. The summed E-state index contributed by atoms with van der Waals surface area (Å²) in [5, 5.41) is 7.05. The van der Waals surface area contributed by atoms with Crippen LogP contribution >= 0.6 is 11.3 Å². The zero-order chi connectivity index (χ0) is 17.5. The summed E-state index contributed by atoms with van der Waals surface area (Å²) in [6.45, 7) is 0.342. The summed E-state index contributed by atoms with van der Waals surface area (Å²) in [7, 11) is 1.61. The predicted octanol–water partition coefficient (Wildman–Crippen LogP) is 3.05. The number of thiophene rings is 1. The summed E-state index contributed by atoms with van der Waals surface area (Å²) in [5.41, 5.74) is 1.93. The maximum absolute atomic E-state index is 12.3. The third-order valence-electron chi connectivity index (χ3n) is 3.90. The third kappa shape index (κ3) is 4.68. The van der Waals surface area contributed by atoms with Crippen LogP contribution in [0.5, 0.6) is 5.75 Å². The highest BCUT2D eigenvalue weighted by molar-refractivity contribution is 7.10. The number of rotatable bonds is 7. The van der Waals surface area contributed by atoms with Crippen LogP contribution in [0, 0.1) is 0 Å². The molecule has 0 saturated carbocycles. The van der Waals surface area contributed by atoms with Crippen LogP contribution in [0.25, 0.3) is 0 Å². The van der Waals surface area contributed by atoms with Crippen LogP contribution in [0.15, 0.2) is 72.1 Å². The molecule has 0 aliphatic heterocycles. The second-order valence-electron chi connectivity index (χ2n) is 5.62. The monoisotopic (exact) mass is 353 g/mol. The summed E-state index contributed by atoms with van der Waals surface area (Å²) in [6.07, 6.45) is 0. The van der Waals surface area contributed by atoms with Gasteiger partial charge in [0.2, 0.25) is 0 Å². The molecule has 3 aromatic rings. The molecule has 1 atom stereocenters. The molecule has 0 aliphatic carbocycles. The molecule has 0 radical (unpaired) electrons. The van der Waals surface area contributed by atoms with E-state index in [1.165, 1.54) is 10.4 Å². The molecule has 1 amide bonds. The second kappa shape index (κ2) is 8.46. The number of benzene rings is 2. The number of ether oxygens (including phenoxy) is 1. The number of nitrogens with two attached hydrogens (primary N) is 1. The smallest absolute Gasteiger partial charge is 0.279 e. The molecule has 25 heavy (non-hydrogen) atoms. The first-order chi connectivity index (χ1) is 12.3. The third-order valence-corrected chi connectivity index (χ3v) is 4.86. The molecule has 0 aliphatic rings. The van der Waals surface area contributed by atoms with Gasteiger partial charge in [-0.3, -0.25) is 4.79 Å². The average Bonchev–Trinajstić information content (AvgIpc) is 3.17. The van der Waals surface area contributed by atoms with Crippen molar-refractivity contribution in [2.75, 3.05) is 19.0 Å². The summed E-state index contributed by atoms with van der Waals surface area (Å²) in [6, 6.07) is 21.9. The second-order valence-corrected chi connectivity index (χ2v) is 6.60. The van der Waals surface area contributed by atoms with E-state index in [0.717, 1.165) is 11.4 Å². The van der Waals surface area contributed by atoms with Crippen molar-refractivity contribution < 1.29 is 14.8 Å². The summed E-state index contributed by atoms with van der Waals surface area (Å²) < 4.78 is 5.18. The molecule has 3 N–H and O–H groups in total. The van der Waals surface area contributed by atoms with Crippen LogP contribution in [0.3, 0.4) is 0 Å². The molecular formula is C20H21N2O2S+. The first-order valence-electron chi connectivity index (χ1n) is 8.12. The Kier molecular flexibility index (Phi) is 5.82. The van der Waals surface area contributed by atoms with Crippen molar-refractivity contribution in [2.24, 2.45) is 0 Å². The van der Waals surface area contributed by atoms with E-state index in [4.69, 9.17) is 4.74 Å².